The van der Waals surface area contributed by atoms with Crippen LogP contribution in [0.2, 0.25) is 0 Å². The SMILES string of the molecule is C[C@H](NS(=O)C(C)(C)C)c1ccc(OCC23CCC(CC2)CC3)cn1. The van der Waals surface area contributed by atoms with E-state index in [1.54, 1.807) is 6.20 Å². The van der Waals surface area contributed by atoms with Crippen LogP contribution in [0.1, 0.15) is 78.0 Å². The number of ether oxygens (including phenoxy) is 1. The van der Waals surface area contributed by atoms with Crippen molar-refractivity contribution < 1.29 is 8.95 Å². The van der Waals surface area contributed by atoms with E-state index in [0.717, 1.165) is 24.0 Å². The molecule has 0 aromatic carbocycles. The number of fused-ring (bicyclic) bond motifs is 3. The van der Waals surface area contributed by atoms with Gasteiger partial charge in [0, 0.05) is 5.41 Å². The topological polar surface area (TPSA) is 51.2 Å². The Morgan fingerprint density at radius 1 is 1.28 bits per heavy atom. The molecule has 3 saturated carbocycles. The fourth-order valence-electron chi connectivity index (χ4n) is 3.92. The maximum absolute atomic E-state index is 12.2. The molecule has 1 aromatic rings. The number of nitrogens with zero attached hydrogens (tertiary/aromatic N) is 1. The van der Waals surface area contributed by atoms with E-state index >= 15 is 0 Å². The molecular formula is C20H32N2O2S. The lowest BCUT2D eigenvalue weighted by molar-refractivity contribution is 0.0190. The van der Waals surface area contributed by atoms with Crippen LogP contribution in [0.4, 0.5) is 0 Å². The molecule has 1 aromatic heterocycles. The van der Waals surface area contributed by atoms with E-state index in [1.165, 1.54) is 38.5 Å². The lowest BCUT2D eigenvalue weighted by Gasteiger charge is -2.46. The molecule has 0 aliphatic heterocycles. The summed E-state index contributed by atoms with van der Waals surface area (Å²) in [5, 5.41) is 0. The van der Waals surface area contributed by atoms with E-state index in [1.807, 2.05) is 39.8 Å². The Morgan fingerprint density at radius 3 is 2.44 bits per heavy atom. The quantitative estimate of drug-likeness (QED) is 0.806. The van der Waals surface area contributed by atoms with E-state index in [-0.39, 0.29) is 10.8 Å². The monoisotopic (exact) mass is 364 g/mol. The van der Waals surface area contributed by atoms with Gasteiger partial charge in [-0.1, -0.05) is 0 Å². The first kappa shape index (κ1) is 18.8. The van der Waals surface area contributed by atoms with Gasteiger partial charge >= 0.3 is 0 Å². The van der Waals surface area contributed by atoms with Crippen molar-refractivity contribution in [1.29, 1.82) is 0 Å². The van der Waals surface area contributed by atoms with Crippen LogP contribution in [-0.2, 0) is 11.0 Å². The van der Waals surface area contributed by atoms with Gasteiger partial charge in [-0.15, -0.1) is 0 Å². The van der Waals surface area contributed by atoms with Crippen molar-refractivity contribution in [2.45, 2.75) is 77.0 Å². The summed E-state index contributed by atoms with van der Waals surface area (Å²) in [5.41, 5.74) is 1.30. The molecule has 4 rings (SSSR count). The van der Waals surface area contributed by atoms with Crippen molar-refractivity contribution in [1.82, 2.24) is 9.71 Å². The Balaban J connectivity index is 1.54. The van der Waals surface area contributed by atoms with Crippen LogP contribution < -0.4 is 9.46 Å². The van der Waals surface area contributed by atoms with Crippen LogP contribution in [0.5, 0.6) is 5.75 Å². The van der Waals surface area contributed by atoms with Gasteiger partial charge in [0.2, 0.25) is 0 Å². The number of hydrogen-bond acceptors (Lipinski definition) is 3. The maximum Gasteiger partial charge on any atom is 0.137 e. The molecule has 2 bridgehead atoms. The van der Waals surface area contributed by atoms with Crippen LogP contribution >= 0.6 is 0 Å². The summed E-state index contributed by atoms with van der Waals surface area (Å²) in [4.78, 5) is 4.51. The zero-order chi connectivity index (χ0) is 18.1. The molecule has 1 heterocycles. The second-order valence-electron chi connectivity index (χ2n) is 8.91. The molecule has 5 heteroatoms. The van der Waals surface area contributed by atoms with Crippen LogP contribution in [0.15, 0.2) is 18.3 Å². The molecule has 2 atom stereocenters. The Hall–Kier alpha value is -0.940. The van der Waals surface area contributed by atoms with E-state index in [2.05, 4.69) is 9.71 Å². The highest BCUT2D eigenvalue weighted by molar-refractivity contribution is 7.84. The molecule has 3 aliphatic rings. The van der Waals surface area contributed by atoms with Crippen molar-refractivity contribution in [2.24, 2.45) is 11.3 Å². The Bertz CT molecular complexity index is 587. The lowest BCUT2D eigenvalue weighted by atomic mass is 9.61. The fourth-order valence-corrected chi connectivity index (χ4v) is 4.72. The van der Waals surface area contributed by atoms with Gasteiger partial charge in [0.05, 0.1) is 40.3 Å². The predicted octanol–water partition coefficient (Wildman–Crippen LogP) is 4.54. The van der Waals surface area contributed by atoms with E-state index in [4.69, 9.17) is 4.74 Å². The number of pyridine rings is 1. The minimum atomic E-state index is -1.10. The standard InChI is InChI=1S/C20H32N2O2S/c1-15(22-25(23)19(2,3)4)18-6-5-17(13-21-18)24-14-20-10-7-16(8-11-20)9-12-20/h5-6,13,15-16,22H,7-12,14H2,1-4H3/t15-,16?,20?,25?/m0/s1. The third-order valence-corrected chi connectivity index (χ3v) is 7.52. The fraction of sp³-hybridized carbons (Fsp3) is 0.750. The number of aromatic nitrogens is 1. The zero-order valence-electron chi connectivity index (χ0n) is 16.0. The highest BCUT2D eigenvalue weighted by Gasteiger charge is 2.40. The highest BCUT2D eigenvalue weighted by Crippen LogP contribution is 2.50. The van der Waals surface area contributed by atoms with Crippen molar-refractivity contribution in [2.75, 3.05) is 6.61 Å². The van der Waals surface area contributed by atoms with Crippen molar-refractivity contribution in [3.8, 4) is 5.75 Å². The minimum absolute atomic E-state index is 0.0543. The van der Waals surface area contributed by atoms with Crippen LogP contribution in [0.3, 0.4) is 0 Å². The van der Waals surface area contributed by atoms with Gasteiger partial charge < -0.3 is 4.74 Å². The van der Waals surface area contributed by atoms with Gasteiger partial charge in [0.1, 0.15) is 5.75 Å². The Kier molecular flexibility index (Phi) is 5.54. The van der Waals surface area contributed by atoms with E-state index < -0.39 is 11.0 Å². The third-order valence-electron chi connectivity index (χ3n) is 5.84. The molecular weight excluding hydrogens is 332 g/mol. The van der Waals surface area contributed by atoms with Crippen LogP contribution in [-0.4, -0.2) is 20.5 Å². The molecule has 25 heavy (non-hydrogen) atoms. The maximum atomic E-state index is 12.2. The van der Waals surface area contributed by atoms with Crippen molar-refractivity contribution in [3.63, 3.8) is 0 Å². The first-order valence-corrected chi connectivity index (χ1v) is 10.7. The molecule has 0 spiro atoms. The van der Waals surface area contributed by atoms with Gasteiger partial charge in [-0.25, -0.2) is 8.93 Å². The predicted molar refractivity (Wildman–Crippen MR) is 103 cm³/mol. The Morgan fingerprint density at radius 2 is 1.92 bits per heavy atom. The summed E-state index contributed by atoms with van der Waals surface area (Å²) in [5.74, 6) is 1.82. The third kappa shape index (κ3) is 4.62. The number of hydrogen-bond donors (Lipinski definition) is 1. The average Bonchev–Trinajstić information content (AvgIpc) is 2.61. The van der Waals surface area contributed by atoms with Crippen molar-refractivity contribution in [3.05, 3.63) is 24.0 Å². The summed E-state index contributed by atoms with van der Waals surface area (Å²) in [6, 6.07) is 3.91. The van der Waals surface area contributed by atoms with Crippen molar-refractivity contribution >= 4 is 11.0 Å². The summed E-state index contributed by atoms with van der Waals surface area (Å²) < 4.78 is 21.2. The first-order chi connectivity index (χ1) is 11.8. The average molecular weight is 365 g/mol. The molecule has 3 fully saturated rings. The van der Waals surface area contributed by atoms with Gasteiger partial charge in [0.25, 0.3) is 0 Å². The Labute approximate surface area is 154 Å². The summed E-state index contributed by atoms with van der Waals surface area (Å²) >= 11 is 0. The summed E-state index contributed by atoms with van der Waals surface area (Å²) in [6.45, 7) is 8.70. The normalized spacial score (nSPS) is 28.6. The second-order valence-corrected chi connectivity index (χ2v) is 10.9. The lowest BCUT2D eigenvalue weighted by Crippen LogP contribution is -2.38. The second kappa shape index (κ2) is 7.36. The molecule has 0 saturated heterocycles. The van der Waals surface area contributed by atoms with Gasteiger partial charge in [-0.2, -0.15) is 0 Å². The molecule has 4 nitrogen and oxygen atoms in total. The molecule has 1 N–H and O–H groups in total. The number of rotatable bonds is 6. The molecule has 1 unspecified atom stereocenters. The van der Waals surface area contributed by atoms with E-state index in [9.17, 15) is 4.21 Å². The molecule has 0 radical (unpaired) electrons. The van der Waals surface area contributed by atoms with E-state index in [0.29, 0.717) is 5.41 Å². The smallest absolute Gasteiger partial charge is 0.137 e. The van der Waals surface area contributed by atoms with Gasteiger partial charge in [0.15, 0.2) is 0 Å². The molecule has 140 valence electrons. The van der Waals surface area contributed by atoms with Crippen LogP contribution in [0, 0.1) is 11.3 Å². The molecule has 0 amide bonds. The highest BCUT2D eigenvalue weighted by atomic mass is 32.2. The van der Waals surface area contributed by atoms with Crippen LogP contribution in [0.25, 0.3) is 0 Å². The summed E-state index contributed by atoms with van der Waals surface area (Å²) in [6.07, 6.45) is 9.92. The molecule has 3 aliphatic carbocycles. The first-order valence-electron chi connectivity index (χ1n) is 9.54. The van der Waals surface area contributed by atoms with Gasteiger partial charge in [-0.3, -0.25) is 4.98 Å². The zero-order valence-corrected chi connectivity index (χ0v) is 16.8. The number of nitrogens with one attached hydrogen (secondary N) is 1. The largest absolute Gasteiger partial charge is 0.491 e. The summed E-state index contributed by atoms with van der Waals surface area (Å²) in [7, 11) is -1.10. The minimum Gasteiger partial charge on any atom is -0.491 e. The van der Waals surface area contributed by atoms with Gasteiger partial charge in [-0.05, 0) is 84.3 Å².